The number of aromatic nitrogens is 3. The van der Waals surface area contributed by atoms with Gasteiger partial charge in [-0.25, -0.2) is 0 Å². The Balaban J connectivity index is 1.47. The van der Waals surface area contributed by atoms with Crippen molar-refractivity contribution in [3.63, 3.8) is 0 Å². The van der Waals surface area contributed by atoms with Gasteiger partial charge in [0.15, 0.2) is 5.82 Å². The van der Waals surface area contributed by atoms with E-state index in [1.54, 1.807) is 6.20 Å². The van der Waals surface area contributed by atoms with Crippen LogP contribution in [0.2, 0.25) is 0 Å². The lowest BCUT2D eigenvalue weighted by Gasteiger charge is -2.14. The molecule has 2 atom stereocenters. The van der Waals surface area contributed by atoms with Gasteiger partial charge >= 0.3 is 0 Å². The van der Waals surface area contributed by atoms with E-state index in [4.69, 9.17) is 4.52 Å². The first-order valence-electron chi connectivity index (χ1n) is 7.89. The van der Waals surface area contributed by atoms with Crippen molar-refractivity contribution in [2.24, 2.45) is 5.92 Å². The van der Waals surface area contributed by atoms with Gasteiger partial charge in [0.1, 0.15) is 0 Å². The Bertz CT molecular complexity index is 626. The van der Waals surface area contributed by atoms with Crippen molar-refractivity contribution in [3.8, 4) is 0 Å². The Kier molecular flexibility index (Phi) is 3.63. The van der Waals surface area contributed by atoms with Crippen molar-refractivity contribution in [3.05, 3.63) is 41.8 Å². The Labute approximate surface area is 129 Å². The molecule has 3 heterocycles. The molecule has 6 nitrogen and oxygen atoms in total. The standard InChI is InChI=1S/C16H20N4O2/c21-10-13-8-20(7-11-2-1-5-17-6-11)9-14(13)16-18-15(19-22-16)12-3-4-12/h1-2,5-6,12-14,21H,3-4,7-10H2/t13-,14+/m0/s1. The summed E-state index contributed by atoms with van der Waals surface area (Å²) in [7, 11) is 0. The summed E-state index contributed by atoms with van der Waals surface area (Å²) in [5.41, 5.74) is 1.18. The maximum absolute atomic E-state index is 9.68. The van der Waals surface area contributed by atoms with Crippen molar-refractivity contribution in [2.75, 3.05) is 19.7 Å². The van der Waals surface area contributed by atoms with Crippen LogP contribution in [0, 0.1) is 5.92 Å². The molecule has 1 aliphatic carbocycles. The molecule has 2 aliphatic rings. The summed E-state index contributed by atoms with van der Waals surface area (Å²) in [4.78, 5) is 11.0. The highest BCUT2D eigenvalue weighted by Gasteiger charge is 2.38. The second kappa shape index (κ2) is 5.78. The van der Waals surface area contributed by atoms with Gasteiger partial charge in [0.05, 0.1) is 5.92 Å². The maximum atomic E-state index is 9.68. The molecule has 2 aromatic rings. The molecule has 1 saturated heterocycles. The van der Waals surface area contributed by atoms with Crippen molar-refractivity contribution >= 4 is 0 Å². The quantitative estimate of drug-likeness (QED) is 0.903. The van der Waals surface area contributed by atoms with Crippen molar-refractivity contribution in [2.45, 2.75) is 31.2 Å². The van der Waals surface area contributed by atoms with Gasteiger partial charge in [-0.2, -0.15) is 4.98 Å². The zero-order chi connectivity index (χ0) is 14.9. The predicted octanol–water partition coefficient (Wildman–Crippen LogP) is 1.55. The SMILES string of the molecule is OC[C@@H]1CN(Cc2cccnc2)C[C@H]1c1nc(C2CC2)no1. The van der Waals surface area contributed by atoms with Crippen LogP contribution in [-0.4, -0.2) is 44.8 Å². The monoisotopic (exact) mass is 300 g/mol. The number of aliphatic hydroxyl groups excluding tert-OH is 1. The summed E-state index contributed by atoms with van der Waals surface area (Å²) in [5.74, 6) is 2.32. The van der Waals surface area contributed by atoms with Crippen LogP contribution in [-0.2, 0) is 6.54 Å². The largest absolute Gasteiger partial charge is 0.396 e. The topological polar surface area (TPSA) is 75.3 Å². The van der Waals surface area contributed by atoms with E-state index >= 15 is 0 Å². The van der Waals surface area contributed by atoms with E-state index in [0.29, 0.717) is 11.8 Å². The maximum Gasteiger partial charge on any atom is 0.231 e. The Morgan fingerprint density at radius 3 is 2.95 bits per heavy atom. The fourth-order valence-electron chi connectivity index (χ4n) is 3.21. The Hall–Kier alpha value is -1.79. The lowest BCUT2D eigenvalue weighted by molar-refractivity contribution is 0.204. The first kappa shape index (κ1) is 13.8. The highest BCUT2D eigenvalue weighted by molar-refractivity contribution is 5.11. The van der Waals surface area contributed by atoms with E-state index in [0.717, 1.165) is 25.5 Å². The number of rotatable bonds is 5. The highest BCUT2D eigenvalue weighted by atomic mass is 16.5. The minimum absolute atomic E-state index is 0.127. The molecule has 1 saturated carbocycles. The first-order chi connectivity index (χ1) is 10.8. The van der Waals surface area contributed by atoms with Crippen LogP contribution in [0.25, 0.3) is 0 Å². The number of hydrogen-bond donors (Lipinski definition) is 1. The van der Waals surface area contributed by atoms with Crippen LogP contribution in [0.3, 0.4) is 0 Å². The molecular weight excluding hydrogens is 280 g/mol. The second-order valence-electron chi connectivity index (χ2n) is 6.37. The number of aliphatic hydroxyl groups is 1. The fourth-order valence-corrected chi connectivity index (χ4v) is 3.21. The molecule has 1 aliphatic heterocycles. The van der Waals surface area contributed by atoms with E-state index in [-0.39, 0.29) is 18.4 Å². The summed E-state index contributed by atoms with van der Waals surface area (Å²) in [5, 5.41) is 13.8. The smallest absolute Gasteiger partial charge is 0.231 e. The molecular formula is C16H20N4O2. The molecule has 0 radical (unpaired) electrons. The lowest BCUT2D eigenvalue weighted by atomic mass is 9.97. The number of likely N-dealkylation sites (tertiary alicyclic amines) is 1. The average Bonchev–Trinajstić information content (AvgIpc) is 3.14. The van der Waals surface area contributed by atoms with Crippen LogP contribution in [0.15, 0.2) is 29.0 Å². The Morgan fingerprint density at radius 2 is 2.23 bits per heavy atom. The highest BCUT2D eigenvalue weighted by Crippen LogP contribution is 2.40. The molecule has 0 bridgehead atoms. The zero-order valence-electron chi connectivity index (χ0n) is 12.4. The molecule has 4 rings (SSSR count). The van der Waals surface area contributed by atoms with Gasteiger partial charge in [-0.05, 0) is 24.5 Å². The molecule has 0 spiro atoms. The molecule has 0 unspecified atom stereocenters. The number of hydrogen-bond acceptors (Lipinski definition) is 6. The first-order valence-corrected chi connectivity index (χ1v) is 7.89. The van der Waals surface area contributed by atoms with Gasteiger partial charge in [0.25, 0.3) is 0 Å². The fraction of sp³-hybridized carbons (Fsp3) is 0.562. The van der Waals surface area contributed by atoms with E-state index < -0.39 is 0 Å². The second-order valence-corrected chi connectivity index (χ2v) is 6.37. The van der Waals surface area contributed by atoms with Gasteiger partial charge in [0.2, 0.25) is 5.89 Å². The summed E-state index contributed by atoms with van der Waals surface area (Å²) < 4.78 is 5.47. The molecule has 0 amide bonds. The van der Waals surface area contributed by atoms with Crippen molar-refractivity contribution in [1.82, 2.24) is 20.0 Å². The third-order valence-electron chi connectivity index (χ3n) is 4.60. The summed E-state index contributed by atoms with van der Waals surface area (Å²) in [6.07, 6.45) is 6.00. The van der Waals surface area contributed by atoms with Crippen LogP contribution in [0.5, 0.6) is 0 Å². The molecule has 0 aromatic carbocycles. The van der Waals surface area contributed by atoms with E-state index in [1.165, 1.54) is 18.4 Å². The molecule has 6 heteroatoms. The van der Waals surface area contributed by atoms with Gasteiger partial charge in [0, 0.05) is 50.5 Å². The van der Waals surface area contributed by atoms with E-state index in [2.05, 4.69) is 26.1 Å². The van der Waals surface area contributed by atoms with Crippen molar-refractivity contribution < 1.29 is 9.63 Å². The summed E-state index contributed by atoms with van der Waals surface area (Å²) in [6.45, 7) is 2.67. The van der Waals surface area contributed by atoms with Crippen molar-refractivity contribution in [1.29, 1.82) is 0 Å². The number of pyridine rings is 1. The molecule has 1 N–H and O–H groups in total. The average molecular weight is 300 g/mol. The molecule has 2 aromatic heterocycles. The van der Waals surface area contributed by atoms with Gasteiger partial charge in [-0.15, -0.1) is 0 Å². The molecule has 116 valence electrons. The summed E-state index contributed by atoms with van der Waals surface area (Å²) >= 11 is 0. The Morgan fingerprint density at radius 1 is 1.32 bits per heavy atom. The third kappa shape index (κ3) is 2.76. The molecule has 2 fully saturated rings. The van der Waals surface area contributed by atoms with Gasteiger partial charge in [-0.1, -0.05) is 11.2 Å². The van der Waals surface area contributed by atoms with Crippen LogP contribution in [0.4, 0.5) is 0 Å². The lowest BCUT2D eigenvalue weighted by Crippen LogP contribution is -2.20. The van der Waals surface area contributed by atoms with Crippen LogP contribution in [0.1, 0.15) is 42.0 Å². The van der Waals surface area contributed by atoms with Crippen LogP contribution >= 0.6 is 0 Å². The minimum atomic E-state index is 0.127. The number of nitrogens with zero attached hydrogens (tertiary/aromatic N) is 4. The van der Waals surface area contributed by atoms with E-state index in [9.17, 15) is 5.11 Å². The minimum Gasteiger partial charge on any atom is -0.396 e. The normalized spacial score (nSPS) is 25.7. The third-order valence-corrected chi connectivity index (χ3v) is 4.60. The molecule has 22 heavy (non-hydrogen) atoms. The predicted molar refractivity (Wildman–Crippen MR) is 79.1 cm³/mol. The van der Waals surface area contributed by atoms with E-state index in [1.807, 2.05) is 12.3 Å². The van der Waals surface area contributed by atoms with Gasteiger partial charge in [-0.3, -0.25) is 9.88 Å². The van der Waals surface area contributed by atoms with Crippen LogP contribution < -0.4 is 0 Å². The summed E-state index contributed by atoms with van der Waals surface area (Å²) in [6, 6.07) is 4.03. The zero-order valence-corrected chi connectivity index (χ0v) is 12.4. The van der Waals surface area contributed by atoms with Gasteiger partial charge < -0.3 is 9.63 Å².